The summed E-state index contributed by atoms with van der Waals surface area (Å²) in [6, 6.07) is 5.20. The number of unbranched alkanes of at least 4 members (excludes halogenated alkanes) is 9. The molecule has 0 aliphatic carbocycles. The van der Waals surface area contributed by atoms with Crippen LogP contribution >= 0.6 is 11.6 Å². The van der Waals surface area contributed by atoms with E-state index in [4.69, 9.17) is 16.3 Å². The van der Waals surface area contributed by atoms with Crippen molar-refractivity contribution in [2.75, 3.05) is 23.9 Å². The molecular formula is C24H40ClNO4S. The number of benzene rings is 1. The summed E-state index contributed by atoms with van der Waals surface area (Å²) in [5.74, 6) is 0.0111. The first kappa shape index (κ1) is 27.8. The van der Waals surface area contributed by atoms with Crippen LogP contribution in [0.15, 0.2) is 18.2 Å². The summed E-state index contributed by atoms with van der Waals surface area (Å²) in [6.45, 7) is 3.87. The van der Waals surface area contributed by atoms with E-state index in [1.54, 1.807) is 32.2 Å². The Hall–Kier alpha value is -1.27. The monoisotopic (exact) mass is 473 g/mol. The molecule has 7 heteroatoms. The number of halogens is 1. The second-order valence-corrected chi connectivity index (χ2v) is 10.8. The van der Waals surface area contributed by atoms with Crippen molar-refractivity contribution >= 4 is 33.0 Å². The van der Waals surface area contributed by atoms with Gasteiger partial charge in [0, 0.05) is 17.2 Å². The van der Waals surface area contributed by atoms with Crippen molar-refractivity contribution in [2.24, 2.45) is 5.92 Å². The summed E-state index contributed by atoms with van der Waals surface area (Å²) < 4.78 is 30.0. The summed E-state index contributed by atoms with van der Waals surface area (Å²) in [4.78, 5) is 12.4. The van der Waals surface area contributed by atoms with Crippen LogP contribution in [-0.2, 0) is 20.5 Å². The number of alkyl halides is 1. The normalized spacial score (nSPS) is 12.5. The van der Waals surface area contributed by atoms with Crippen molar-refractivity contribution in [1.29, 1.82) is 0 Å². The lowest BCUT2D eigenvalue weighted by Crippen LogP contribution is -2.28. The van der Waals surface area contributed by atoms with Gasteiger partial charge >= 0.3 is 0 Å². The van der Waals surface area contributed by atoms with Gasteiger partial charge in [-0.05, 0) is 24.6 Å². The zero-order valence-electron chi connectivity index (χ0n) is 19.4. The molecule has 0 fully saturated rings. The molecule has 0 aromatic heterocycles. The fourth-order valence-electron chi connectivity index (χ4n) is 3.58. The number of sulfone groups is 1. The summed E-state index contributed by atoms with van der Waals surface area (Å²) in [7, 11) is -1.69. The Bertz CT molecular complexity index is 752. The van der Waals surface area contributed by atoms with Crippen molar-refractivity contribution in [3.8, 4) is 5.75 Å². The summed E-state index contributed by atoms with van der Waals surface area (Å²) in [5.41, 5.74) is 1.35. The lowest BCUT2D eigenvalue weighted by atomic mass is 10.1. The minimum atomic E-state index is -3.25. The Kier molecular flexibility index (Phi) is 13.9. The highest BCUT2D eigenvalue weighted by Gasteiger charge is 2.21. The number of amides is 1. The van der Waals surface area contributed by atoms with Crippen LogP contribution in [0.25, 0.3) is 0 Å². The van der Waals surface area contributed by atoms with Gasteiger partial charge in [-0.2, -0.15) is 0 Å². The van der Waals surface area contributed by atoms with Gasteiger partial charge in [0.2, 0.25) is 5.91 Å². The molecule has 1 rings (SSSR count). The van der Waals surface area contributed by atoms with E-state index in [-0.39, 0.29) is 23.3 Å². The Balaban J connectivity index is 2.31. The Labute approximate surface area is 194 Å². The minimum absolute atomic E-state index is 0.130. The molecule has 0 radical (unpaired) electrons. The molecule has 0 aliphatic rings. The minimum Gasteiger partial charge on any atom is -0.496 e. The standard InChI is InChI=1S/C24H40ClNO4S/c1-4-5-6-7-8-9-10-11-12-13-16-31(28,29)19-20(2)24(27)26-22-14-15-23(30-3)21(17-22)18-25/h14-15,17,20H,4-13,16,18-19H2,1-3H3,(H,26,27). The largest absolute Gasteiger partial charge is 0.496 e. The van der Waals surface area contributed by atoms with Crippen LogP contribution in [0.1, 0.15) is 83.6 Å². The van der Waals surface area contributed by atoms with Crippen LogP contribution in [0.3, 0.4) is 0 Å². The number of ether oxygens (including phenoxy) is 1. The van der Waals surface area contributed by atoms with Crippen LogP contribution in [0, 0.1) is 5.92 Å². The zero-order chi connectivity index (χ0) is 23.1. The molecular weight excluding hydrogens is 434 g/mol. The molecule has 1 amide bonds. The van der Waals surface area contributed by atoms with E-state index in [0.717, 1.165) is 18.4 Å². The van der Waals surface area contributed by atoms with Crippen LogP contribution < -0.4 is 10.1 Å². The number of rotatable bonds is 17. The van der Waals surface area contributed by atoms with Gasteiger partial charge in [-0.15, -0.1) is 11.6 Å². The quantitative estimate of drug-likeness (QED) is 0.211. The van der Waals surface area contributed by atoms with Crippen LogP contribution in [0.4, 0.5) is 5.69 Å². The van der Waals surface area contributed by atoms with Crippen LogP contribution in [-0.4, -0.2) is 32.9 Å². The Morgan fingerprint density at radius 3 is 2.16 bits per heavy atom. The third-order valence-electron chi connectivity index (χ3n) is 5.45. The molecule has 1 atom stereocenters. The highest BCUT2D eigenvalue weighted by molar-refractivity contribution is 7.91. The van der Waals surface area contributed by atoms with Gasteiger partial charge in [0.15, 0.2) is 9.84 Å². The van der Waals surface area contributed by atoms with Gasteiger partial charge in [-0.25, -0.2) is 8.42 Å². The molecule has 0 heterocycles. The lowest BCUT2D eigenvalue weighted by Gasteiger charge is -2.14. The number of carbonyl (C=O) groups excluding carboxylic acids is 1. The predicted octanol–water partition coefficient (Wildman–Crippen LogP) is 6.34. The van der Waals surface area contributed by atoms with E-state index in [9.17, 15) is 13.2 Å². The molecule has 1 unspecified atom stereocenters. The van der Waals surface area contributed by atoms with E-state index < -0.39 is 15.8 Å². The summed E-state index contributed by atoms with van der Waals surface area (Å²) >= 11 is 5.91. The third kappa shape index (κ3) is 11.8. The first-order valence-corrected chi connectivity index (χ1v) is 13.9. The van der Waals surface area contributed by atoms with E-state index in [0.29, 0.717) is 17.9 Å². The molecule has 0 saturated heterocycles. The number of hydrogen-bond donors (Lipinski definition) is 1. The molecule has 0 saturated carbocycles. The molecule has 0 spiro atoms. The first-order valence-electron chi connectivity index (χ1n) is 11.6. The van der Waals surface area contributed by atoms with Gasteiger partial charge in [0.05, 0.1) is 24.5 Å². The maximum absolute atomic E-state index is 12.4. The van der Waals surface area contributed by atoms with Gasteiger partial charge in [0.1, 0.15) is 5.75 Å². The topological polar surface area (TPSA) is 72.5 Å². The SMILES string of the molecule is CCCCCCCCCCCCS(=O)(=O)CC(C)C(=O)Nc1ccc(OC)c(CCl)c1. The molecule has 0 aliphatic heterocycles. The van der Waals surface area contributed by atoms with Crippen molar-refractivity contribution in [3.63, 3.8) is 0 Å². The molecule has 5 nitrogen and oxygen atoms in total. The first-order chi connectivity index (χ1) is 14.8. The van der Waals surface area contributed by atoms with Gasteiger partial charge in [-0.3, -0.25) is 4.79 Å². The van der Waals surface area contributed by atoms with Crippen molar-refractivity contribution in [3.05, 3.63) is 23.8 Å². The average Bonchev–Trinajstić information content (AvgIpc) is 2.74. The fourth-order valence-corrected chi connectivity index (χ4v) is 5.51. The number of nitrogens with one attached hydrogen (secondary N) is 1. The number of hydrogen-bond acceptors (Lipinski definition) is 4. The van der Waals surface area contributed by atoms with Crippen molar-refractivity contribution < 1.29 is 17.9 Å². The van der Waals surface area contributed by atoms with Gasteiger partial charge in [0.25, 0.3) is 0 Å². The molecule has 0 bridgehead atoms. The van der Waals surface area contributed by atoms with E-state index >= 15 is 0 Å². The zero-order valence-corrected chi connectivity index (χ0v) is 21.0. The Morgan fingerprint density at radius 1 is 1.03 bits per heavy atom. The second-order valence-electron chi connectivity index (χ2n) is 8.35. The maximum Gasteiger partial charge on any atom is 0.228 e. The van der Waals surface area contributed by atoms with Gasteiger partial charge < -0.3 is 10.1 Å². The molecule has 1 aromatic rings. The number of carbonyl (C=O) groups is 1. The Morgan fingerprint density at radius 2 is 1.61 bits per heavy atom. The van der Waals surface area contributed by atoms with E-state index in [1.807, 2.05) is 0 Å². The highest BCUT2D eigenvalue weighted by atomic mass is 35.5. The second kappa shape index (κ2) is 15.5. The van der Waals surface area contributed by atoms with Crippen LogP contribution in [0.5, 0.6) is 5.75 Å². The summed E-state index contributed by atoms with van der Waals surface area (Å²) in [6.07, 6.45) is 11.6. The molecule has 178 valence electrons. The van der Waals surface area contributed by atoms with Crippen LogP contribution in [0.2, 0.25) is 0 Å². The number of anilines is 1. The van der Waals surface area contributed by atoms with E-state index in [2.05, 4.69) is 12.2 Å². The molecule has 1 N–H and O–H groups in total. The molecule has 1 aromatic carbocycles. The maximum atomic E-state index is 12.4. The van der Waals surface area contributed by atoms with Gasteiger partial charge in [-0.1, -0.05) is 71.6 Å². The fraction of sp³-hybridized carbons (Fsp3) is 0.708. The molecule has 31 heavy (non-hydrogen) atoms. The number of methoxy groups -OCH3 is 1. The van der Waals surface area contributed by atoms with E-state index in [1.165, 1.54) is 44.9 Å². The predicted molar refractivity (Wildman–Crippen MR) is 131 cm³/mol. The lowest BCUT2D eigenvalue weighted by molar-refractivity contribution is -0.118. The summed E-state index contributed by atoms with van der Waals surface area (Å²) in [5, 5.41) is 2.78. The highest BCUT2D eigenvalue weighted by Crippen LogP contribution is 2.24. The van der Waals surface area contributed by atoms with Crippen molar-refractivity contribution in [1.82, 2.24) is 0 Å². The van der Waals surface area contributed by atoms with Crippen molar-refractivity contribution in [2.45, 2.75) is 83.9 Å². The average molecular weight is 474 g/mol. The third-order valence-corrected chi connectivity index (χ3v) is 7.66. The smallest absolute Gasteiger partial charge is 0.228 e.